The average molecular weight is 538 g/mol. The standard InChI is InChI=1S/C32H35F4N3/c1-3-5-19-38(22-24-17-18-28(33)27(21-24)32(34,35)36)23-29-30(25-13-9-7-10-14-25)37-31(39(29)20-6-4-2)26-15-11-8-12-16-26/h7-18,21H,3-6,19-20,22-23H2,1-2H3. The molecule has 0 aliphatic carbocycles. The van der Waals surface area contributed by atoms with Gasteiger partial charge in [-0.1, -0.05) is 93.4 Å². The molecule has 0 atom stereocenters. The Balaban J connectivity index is 1.79. The molecule has 4 aromatic rings. The van der Waals surface area contributed by atoms with Gasteiger partial charge in [0.05, 0.1) is 17.0 Å². The van der Waals surface area contributed by atoms with E-state index in [1.807, 2.05) is 48.5 Å². The Morgan fingerprint density at radius 2 is 1.44 bits per heavy atom. The Labute approximate surface area is 228 Å². The number of nitrogens with zero attached hydrogens (tertiary/aromatic N) is 3. The highest BCUT2D eigenvalue weighted by molar-refractivity contribution is 5.68. The molecule has 3 nitrogen and oxygen atoms in total. The maximum atomic E-state index is 14.0. The smallest absolute Gasteiger partial charge is 0.326 e. The summed E-state index contributed by atoms with van der Waals surface area (Å²) in [5.74, 6) is -0.364. The lowest BCUT2D eigenvalue weighted by Crippen LogP contribution is -2.26. The zero-order chi connectivity index (χ0) is 27.8. The van der Waals surface area contributed by atoms with E-state index in [1.54, 1.807) is 0 Å². The van der Waals surface area contributed by atoms with Crippen molar-refractivity contribution < 1.29 is 17.6 Å². The molecule has 206 valence electrons. The van der Waals surface area contributed by atoms with E-state index < -0.39 is 17.6 Å². The molecule has 1 aromatic heterocycles. The van der Waals surface area contributed by atoms with Crippen LogP contribution in [0.4, 0.5) is 17.6 Å². The summed E-state index contributed by atoms with van der Waals surface area (Å²) >= 11 is 0. The highest BCUT2D eigenvalue weighted by Crippen LogP contribution is 2.34. The van der Waals surface area contributed by atoms with Gasteiger partial charge in [-0.05, 0) is 37.1 Å². The van der Waals surface area contributed by atoms with Gasteiger partial charge in [-0.25, -0.2) is 9.37 Å². The van der Waals surface area contributed by atoms with Crippen LogP contribution in [0.25, 0.3) is 22.6 Å². The van der Waals surface area contributed by atoms with Crippen molar-refractivity contribution in [3.05, 3.63) is 102 Å². The number of hydrogen-bond acceptors (Lipinski definition) is 2. The molecule has 4 rings (SSSR count). The minimum absolute atomic E-state index is 0.275. The van der Waals surface area contributed by atoms with Crippen LogP contribution in [0.2, 0.25) is 0 Å². The summed E-state index contributed by atoms with van der Waals surface area (Å²) in [5, 5.41) is 0. The van der Waals surface area contributed by atoms with Gasteiger partial charge in [-0.3, -0.25) is 4.90 Å². The largest absolute Gasteiger partial charge is 0.419 e. The van der Waals surface area contributed by atoms with E-state index in [4.69, 9.17) is 4.98 Å². The van der Waals surface area contributed by atoms with Crippen molar-refractivity contribution in [1.82, 2.24) is 14.5 Å². The van der Waals surface area contributed by atoms with Crippen molar-refractivity contribution in [2.24, 2.45) is 0 Å². The number of halogens is 4. The van der Waals surface area contributed by atoms with Crippen LogP contribution in [-0.4, -0.2) is 21.0 Å². The van der Waals surface area contributed by atoms with Gasteiger partial charge >= 0.3 is 6.18 Å². The number of rotatable bonds is 12. The maximum absolute atomic E-state index is 14.0. The molecule has 3 aromatic carbocycles. The van der Waals surface area contributed by atoms with Crippen LogP contribution < -0.4 is 0 Å². The highest BCUT2D eigenvalue weighted by atomic mass is 19.4. The van der Waals surface area contributed by atoms with E-state index in [1.165, 1.54) is 6.07 Å². The average Bonchev–Trinajstić information content (AvgIpc) is 3.29. The number of alkyl halides is 3. The molecule has 0 bridgehead atoms. The van der Waals surface area contributed by atoms with Crippen molar-refractivity contribution in [3.63, 3.8) is 0 Å². The van der Waals surface area contributed by atoms with Crippen LogP contribution in [0.3, 0.4) is 0 Å². The van der Waals surface area contributed by atoms with Crippen molar-refractivity contribution in [2.45, 2.75) is 65.3 Å². The molecular weight excluding hydrogens is 502 g/mol. The predicted molar refractivity (Wildman–Crippen MR) is 148 cm³/mol. The van der Waals surface area contributed by atoms with E-state index in [0.717, 1.165) is 72.7 Å². The molecule has 7 heteroatoms. The molecule has 0 unspecified atom stereocenters. The minimum atomic E-state index is -4.74. The topological polar surface area (TPSA) is 21.1 Å². The number of benzene rings is 3. The number of imidazole rings is 1. The van der Waals surface area contributed by atoms with Crippen molar-refractivity contribution in [3.8, 4) is 22.6 Å². The molecule has 0 aliphatic rings. The fraction of sp³-hybridized carbons (Fsp3) is 0.344. The molecule has 0 saturated heterocycles. The molecule has 0 amide bonds. The van der Waals surface area contributed by atoms with E-state index >= 15 is 0 Å². The van der Waals surface area contributed by atoms with Gasteiger partial charge in [0.2, 0.25) is 0 Å². The van der Waals surface area contributed by atoms with Crippen LogP contribution in [0.5, 0.6) is 0 Å². The summed E-state index contributed by atoms with van der Waals surface area (Å²) in [6.45, 7) is 6.50. The van der Waals surface area contributed by atoms with E-state index in [2.05, 4.69) is 35.4 Å². The lowest BCUT2D eigenvalue weighted by Gasteiger charge is -2.25. The first-order valence-corrected chi connectivity index (χ1v) is 13.6. The first-order valence-electron chi connectivity index (χ1n) is 13.6. The normalized spacial score (nSPS) is 11.9. The molecule has 1 heterocycles. The van der Waals surface area contributed by atoms with Gasteiger partial charge < -0.3 is 4.57 Å². The Bertz CT molecular complexity index is 1330. The second-order valence-corrected chi connectivity index (χ2v) is 9.84. The summed E-state index contributed by atoms with van der Waals surface area (Å²) in [6.07, 6.45) is -0.911. The first-order chi connectivity index (χ1) is 18.8. The molecule has 39 heavy (non-hydrogen) atoms. The molecule has 0 aliphatic heterocycles. The van der Waals surface area contributed by atoms with E-state index in [9.17, 15) is 17.6 Å². The first kappa shape index (κ1) is 28.6. The molecular formula is C32H35F4N3. The minimum Gasteiger partial charge on any atom is -0.326 e. The van der Waals surface area contributed by atoms with E-state index in [0.29, 0.717) is 18.7 Å². The Morgan fingerprint density at radius 3 is 2.05 bits per heavy atom. The Morgan fingerprint density at radius 1 is 0.795 bits per heavy atom. The SMILES string of the molecule is CCCCN(Cc1ccc(F)c(C(F)(F)F)c1)Cc1c(-c2ccccc2)nc(-c2ccccc2)n1CCCC. The predicted octanol–water partition coefficient (Wildman–Crippen LogP) is 8.98. The summed E-state index contributed by atoms with van der Waals surface area (Å²) in [7, 11) is 0. The summed E-state index contributed by atoms with van der Waals surface area (Å²) in [4.78, 5) is 7.29. The van der Waals surface area contributed by atoms with Crippen LogP contribution in [0, 0.1) is 5.82 Å². The number of unbranched alkanes of at least 4 members (excludes halogenated alkanes) is 2. The molecule has 0 fully saturated rings. The van der Waals surface area contributed by atoms with Crippen molar-refractivity contribution >= 4 is 0 Å². The Kier molecular flexibility index (Phi) is 9.57. The van der Waals surface area contributed by atoms with Gasteiger partial charge in [-0.2, -0.15) is 13.2 Å². The van der Waals surface area contributed by atoms with Crippen molar-refractivity contribution in [1.29, 1.82) is 0 Å². The fourth-order valence-electron chi connectivity index (χ4n) is 4.79. The summed E-state index contributed by atoms with van der Waals surface area (Å²) < 4.78 is 56.5. The second-order valence-electron chi connectivity index (χ2n) is 9.84. The van der Waals surface area contributed by atoms with Gasteiger partial charge in [0, 0.05) is 30.8 Å². The Hall–Kier alpha value is -3.45. The fourth-order valence-corrected chi connectivity index (χ4v) is 4.79. The third kappa shape index (κ3) is 7.15. The molecule has 0 spiro atoms. The molecule has 0 radical (unpaired) electrons. The number of hydrogen-bond donors (Lipinski definition) is 0. The highest BCUT2D eigenvalue weighted by Gasteiger charge is 2.34. The van der Waals surface area contributed by atoms with Gasteiger partial charge in [0.25, 0.3) is 0 Å². The third-order valence-corrected chi connectivity index (χ3v) is 6.83. The molecule has 0 N–H and O–H groups in total. The van der Waals surface area contributed by atoms with Crippen LogP contribution in [0.15, 0.2) is 78.9 Å². The van der Waals surface area contributed by atoms with E-state index in [-0.39, 0.29) is 6.54 Å². The van der Waals surface area contributed by atoms with Crippen LogP contribution in [0.1, 0.15) is 56.4 Å². The number of aromatic nitrogens is 2. The second kappa shape index (κ2) is 13.1. The lowest BCUT2D eigenvalue weighted by atomic mass is 10.1. The summed E-state index contributed by atoms with van der Waals surface area (Å²) in [5.41, 5.74) is 3.13. The lowest BCUT2D eigenvalue weighted by molar-refractivity contribution is -0.140. The quantitative estimate of drug-likeness (QED) is 0.168. The van der Waals surface area contributed by atoms with Crippen LogP contribution in [-0.2, 0) is 25.8 Å². The van der Waals surface area contributed by atoms with Gasteiger partial charge in [0.15, 0.2) is 0 Å². The zero-order valence-electron chi connectivity index (χ0n) is 22.5. The van der Waals surface area contributed by atoms with Crippen molar-refractivity contribution in [2.75, 3.05) is 6.54 Å². The van der Waals surface area contributed by atoms with Crippen LogP contribution >= 0.6 is 0 Å². The summed E-state index contributed by atoms with van der Waals surface area (Å²) in [6, 6.07) is 23.4. The zero-order valence-corrected chi connectivity index (χ0v) is 22.5. The third-order valence-electron chi connectivity index (χ3n) is 6.83. The van der Waals surface area contributed by atoms with Gasteiger partial charge in [0.1, 0.15) is 11.6 Å². The monoisotopic (exact) mass is 537 g/mol. The van der Waals surface area contributed by atoms with Gasteiger partial charge in [-0.15, -0.1) is 0 Å². The maximum Gasteiger partial charge on any atom is 0.419 e. The molecule has 0 saturated carbocycles.